The normalized spacial score (nSPS) is 32.3. The van der Waals surface area contributed by atoms with Gasteiger partial charge in [-0.2, -0.15) is 0 Å². The van der Waals surface area contributed by atoms with E-state index in [1.165, 1.54) is 19.3 Å². The average molecular weight is 484 g/mol. The van der Waals surface area contributed by atoms with Gasteiger partial charge in [-0.3, -0.25) is 0 Å². The molecule has 4 rings (SSSR count). The van der Waals surface area contributed by atoms with Crippen molar-refractivity contribution in [2.45, 2.75) is 25.3 Å². The van der Waals surface area contributed by atoms with Gasteiger partial charge in [-0.15, -0.1) is 0 Å². The molecule has 0 saturated heterocycles. The first kappa shape index (κ1) is 17.6. The second-order valence-corrected chi connectivity index (χ2v) is 9.36. The summed E-state index contributed by atoms with van der Waals surface area (Å²) in [6.45, 7) is 0. The summed E-state index contributed by atoms with van der Waals surface area (Å²) in [5, 5.41) is 17.4. The van der Waals surface area contributed by atoms with Crippen LogP contribution in [0, 0.1) is 23.7 Å². The van der Waals surface area contributed by atoms with Gasteiger partial charge in [0.15, 0.2) is 5.11 Å². The van der Waals surface area contributed by atoms with Crippen LogP contribution >= 0.6 is 44.1 Å². The van der Waals surface area contributed by atoms with Crippen LogP contribution in [0.3, 0.4) is 0 Å². The summed E-state index contributed by atoms with van der Waals surface area (Å²) in [4.78, 5) is 0. The molecule has 2 fully saturated rings. The fourth-order valence-electron chi connectivity index (χ4n) is 4.84. The summed E-state index contributed by atoms with van der Waals surface area (Å²) in [5.74, 6) is 3.44. The molecule has 3 aliphatic rings. The number of rotatable bonds is 3. The minimum Gasteiger partial charge on any atom is -0.506 e. The first-order valence-corrected chi connectivity index (χ1v) is 10.6. The molecular weight excluding hydrogens is 464 g/mol. The van der Waals surface area contributed by atoms with Crippen molar-refractivity contribution in [3.63, 3.8) is 0 Å². The van der Waals surface area contributed by atoms with E-state index in [1.54, 1.807) is 6.20 Å². The lowest BCUT2D eigenvalue weighted by Crippen LogP contribution is -2.45. The number of thiocarbonyl (C=S) groups is 1. The molecule has 3 nitrogen and oxygen atoms in total. The third-order valence-corrected chi connectivity index (χ3v) is 7.16. The number of nitrogens with one attached hydrogen (secondary N) is 2. The zero-order valence-electron chi connectivity index (χ0n) is 13.6. The Hall–Kier alpha value is -0.850. The maximum Gasteiger partial charge on any atom is 0.170 e. The fraction of sp³-hybridized carbons (Fsp3) is 0.421. The number of aromatic hydroxyl groups is 1. The van der Waals surface area contributed by atoms with Crippen LogP contribution in [0.2, 0.25) is 0 Å². The van der Waals surface area contributed by atoms with Gasteiger partial charge in [0.1, 0.15) is 5.75 Å². The lowest BCUT2D eigenvalue weighted by molar-refractivity contribution is 0.246. The van der Waals surface area contributed by atoms with Gasteiger partial charge in [0.05, 0.1) is 4.47 Å². The molecule has 0 spiro atoms. The number of halogens is 2. The summed E-state index contributed by atoms with van der Waals surface area (Å²) in [6, 6.07) is 4.15. The molecule has 3 aliphatic carbocycles. The number of benzene rings is 1. The van der Waals surface area contributed by atoms with Crippen LogP contribution in [-0.2, 0) is 0 Å². The van der Waals surface area contributed by atoms with Crippen LogP contribution in [0.4, 0.5) is 0 Å². The van der Waals surface area contributed by atoms with Crippen molar-refractivity contribution >= 4 is 55.3 Å². The van der Waals surface area contributed by atoms with E-state index in [0.29, 0.717) is 15.6 Å². The Morgan fingerprint density at radius 3 is 2.92 bits per heavy atom. The summed E-state index contributed by atoms with van der Waals surface area (Å²) in [5.41, 5.74) is 0.718. The van der Waals surface area contributed by atoms with Crippen LogP contribution in [0.25, 0.3) is 6.08 Å². The predicted octanol–water partition coefficient (Wildman–Crippen LogP) is 4.95. The summed E-state index contributed by atoms with van der Waals surface area (Å²) >= 11 is 12.2. The molecule has 0 amide bonds. The monoisotopic (exact) mass is 482 g/mol. The Morgan fingerprint density at radius 1 is 1.24 bits per heavy atom. The van der Waals surface area contributed by atoms with Crippen molar-refractivity contribution in [3.05, 3.63) is 45.0 Å². The number of allylic oxidation sites excluding steroid dienone is 2. The number of fused-ring (bicyclic) bond motifs is 5. The molecule has 1 aromatic carbocycles. The van der Waals surface area contributed by atoms with E-state index in [9.17, 15) is 5.11 Å². The second kappa shape index (κ2) is 7.05. The summed E-state index contributed by atoms with van der Waals surface area (Å²) in [7, 11) is 0. The van der Waals surface area contributed by atoms with Gasteiger partial charge in [-0.05, 0) is 89.3 Å². The van der Waals surface area contributed by atoms with Gasteiger partial charge in [0.25, 0.3) is 0 Å². The molecule has 3 N–H and O–H groups in total. The lowest BCUT2D eigenvalue weighted by atomic mass is 9.79. The van der Waals surface area contributed by atoms with Crippen LogP contribution < -0.4 is 10.6 Å². The molecular formula is C19H20Br2N2OS. The standard InChI is InChI=1S/C19H20Br2N2OS/c20-12-6-10(18(24)16(21)9-12)4-5-22-19(25)23-17-8-11-7-15(17)14-3-1-2-13(11)14/h1,3-6,9,11,13-15,17,24H,2,7-8H2,(H2,22,23,25)/b5-4-/t11-,13+,14-,15+,17-/m0/s1. The molecule has 1 aromatic rings. The molecule has 2 saturated carbocycles. The zero-order chi connectivity index (χ0) is 17.6. The third kappa shape index (κ3) is 3.40. The smallest absolute Gasteiger partial charge is 0.170 e. The molecule has 2 bridgehead atoms. The van der Waals surface area contributed by atoms with Crippen LogP contribution in [0.5, 0.6) is 5.75 Å². The number of hydrogen-bond acceptors (Lipinski definition) is 2. The van der Waals surface area contributed by atoms with Crippen molar-refractivity contribution in [1.29, 1.82) is 0 Å². The van der Waals surface area contributed by atoms with Crippen molar-refractivity contribution in [1.82, 2.24) is 10.6 Å². The maximum absolute atomic E-state index is 10.1. The Kier molecular flexibility index (Phi) is 4.95. The molecule has 0 heterocycles. The van der Waals surface area contributed by atoms with E-state index < -0.39 is 0 Å². The lowest BCUT2D eigenvalue weighted by Gasteiger charge is -2.32. The highest BCUT2D eigenvalue weighted by Crippen LogP contribution is 2.56. The molecule has 0 radical (unpaired) electrons. The van der Waals surface area contributed by atoms with Crippen LogP contribution in [-0.4, -0.2) is 16.3 Å². The summed E-state index contributed by atoms with van der Waals surface area (Å²) in [6.07, 6.45) is 12.2. The highest BCUT2D eigenvalue weighted by atomic mass is 79.9. The largest absolute Gasteiger partial charge is 0.506 e. The quantitative estimate of drug-likeness (QED) is 0.420. The Labute approximate surface area is 170 Å². The highest BCUT2D eigenvalue weighted by molar-refractivity contribution is 9.11. The van der Waals surface area contributed by atoms with Crippen molar-refractivity contribution in [2.24, 2.45) is 23.7 Å². The highest BCUT2D eigenvalue weighted by Gasteiger charge is 2.52. The van der Waals surface area contributed by atoms with Crippen LogP contribution in [0.1, 0.15) is 24.8 Å². The van der Waals surface area contributed by atoms with Gasteiger partial charge in [-0.1, -0.05) is 28.1 Å². The second-order valence-electron chi connectivity index (χ2n) is 7.18. The average Bonchev–Trinajstić information content (AvgIpc) is 3.24. The predicted molar refractivity (Wildman–Crippen MR) is 112 cm³/mol. The van der Waals surface area contributed by atoms with Gasteiger partial charge < -0.3 is 15.7 Å². The number of phenols is 1. The molecule has 0 unspecified atom stereocenters. The fourth-order valence-corrected chi connectivity index (χ4v) is 6.32. The van der Waals surface area contributed by atoms with E-state index in [-0.39, 0.29) is 5.75 Å². The van der Waals surface area contributed by atoms with Crippen molar-refractivity contribution < 1.29 is 5.11 Å². The first-order chi connectivity index (χ1) is 12.0. The van der Waals surface area contributed by atoms with Crippen LogP contribution in [0.15, 0.2) is 39.4 Å². The van der Waals surface area contributed by atoms with E-state index in [0.717, 1.165) is 33.7 Å². The SMILES string of the molecule is Oc1c(Br)cc(Br)cc1/C=C\NC(=S)N[C@H]1C[C@@H]2C[C@@H]1[C@H]1C=CC[C@H]21. The third-order valence-electron chi connectivity index (χ3n) is 5.86. The molecule has 132 valence electrons. The van der Waals surface area contributed by atoms with Crippen molar-refractivity contribution in [2.75, 3.05) is 0 Å². The number of hydrogen-bond donors (Lipinski definition) is 3. The Balaban J connectivity index is 1.34. The summed E-state index contributed by atoms with van der Waals surface area (Å²) < 4.78 is 1.56. The molecule has 6 heteroatoms. The van der Waals surface area contributed by atoms with E-state index in [4.69, 9.17) is 12.2 Å². The molecule has 5 atom stereocenters. The Bertz CT molecular complexity index is 764. The van der Waals surface area contributed by atoms with Crippen molar-refractivity contribution in [3.8, 4) is 5.75 Å². The molecule has 0 aromatic heterocycles. The minimum atomic E-state index is 0.215. The maximum atomic E-state index is 10.1. The number of phenolic OH excluding ortho intramolecular Hbond substituents is 1. The van der Waals surface area contributed by atoms with E-state index in [2.05, 4.69) is 54.6 Å². The Morgan fingerprint density at radius 2 is 2.08 bits per heavy atom. The first-order valence-electron chi connectivity index (χ1n) is 8.61. The topological polar surface area (TPSA) is 44.3 Å². The van der Waals surface area contributed by atoms with Gasteiger partial charge in [-0.25, -0.2) is 0 Å². The van der Waals surface area contributed by atoms with Gasteiger partial charge in [0.2, 0.25) is 0 Å². The zero-order valence-corrected chi connectivity index (χ0v) is 17.6. The van der Waals surface area contributed by atoms with Gasteiger partial charge in [0, 0.05) is 22.3 Å². The van der Waals surface area contributed by atoms with E-state index in [1.807, 2.05) is 18.2 Å². The van der Waals surface area contributed by atoms with Gasteiger partial charge >= 0.3 is 0 Å². The molecule has 0 aliphatic heterocycles. The molecule has 25 heavy (non-hydrogen) atoms. The van der Waals surface area contributed by atoms with E-state index >= 15 is 0 Å². The minimum absolute atomic E-state index is 0.215.